The van der Waals surface area contributed by atoms with Gasteiger partial charge in [0.2, 0.25) is 9.84 Å². The highest BCUT2D eigenvalue weighted by molar-refractivity contribution is 8.06. The maximum atomic E-state index is 12.2. The molecule has 110 valence electrons. The van der Waals surface area contributed by atoms with E-state index in [1.165, 1.54) is 0 Å². The Morgan fingerprint density at radius 3 is 2.00 bits per heavy atom. The predicted octanol–water partition coefficient (Wildman–Crippen LogP) is 3.46. The Kier molecular flexibility index (Phi) is 4.01. The summed E-state index contributed by atoms with van der Waals surface area (Å²) in [6.45, 7) is 5.95. The molecule has 0 fully saturated rings. The van der Waals surface area contributed by atoms with Crippen LogP contribution in [0.3, 0.4) is 0 Å². The minimum atomic E-state index is -3.76. The van der Waals surface area contributed by atoms with Crippen molar-refractivity contribution in [3.63, 3.8) is 0 Å². The SMILES string of the molecule is Cc1cc(C)c(-c2ccccc2C(=O)S(C)(=O)=O)c(C)c1. The molecule has 0 saturated heterocycles. The minimum absolute atomic E-state index is 0.232. The van der Waals surface area contributed by atoms with E-state index < -0.39 is 15.0 Å². The number of sulfone groups is 1. The fraction of sp³-hybridized carbons (Fsp3) is 0.235. The lowest BCUT2D eigenvalue weighted by Gasteiger charge is -2.14. The molecule has 0 amide bonds. The second kappa shape index (κ2) is 5.45. The van der Waals surface area contributed by atoms with Gasteiger partial charge in [-0.2, -0.15) is 0 Å². The molecule has 3 nitrogen and oxygen atoms in total. The van der Waals surface area contributed by atoms with Gasteiger partial charge in [-0.3, -0.25) is 4.79 Å². The van der Waals surface area contributed by atoms with Crippen LogP contribution in [0.5, 0.6) is 0 Å². The molecule has 2 aromatic carbocycles. The molecule has 0 heterocycles. The van der Waals surface area contributed by atoms with Gasteiger partial charge < -0.3 is 0 Å². The molecular formula is C17H18O3S. The second-order valence-corrected chi connectivity index (χ2v) is 7.29. The quantitative estimate of drug-likeness (QED) is 0.853. The first-order chi connectivity index (χ1) is 9.71. The van der Waals surface area contributed by atoms with Crippen LogP contribution in [0.25, 0.3) is 11.1 Å². The topological polar surface area (TPSA) is 51.2 Å². The highest BCUT2D eigenvalue weighted by Crippen LogP contribution is 2.31. The van der Waals surface area contributed by atoms with E-state index in [-0.39, 0.29) is 5.56 Å². The van der Waals surface area contributed by atoms with Crippen LogP contribution in [0.4, 0.5) is 0 Å². The Hall–Kier alpha value is -1.94. The van der Waals surface area contributed by atoms with Gasteiger partial charge in [-0.05, 0) is 49.1 Å². The van der Waals surface area contributed by atoms with Crippen molar-refractivity contribution < 1.29 is 13.2 Å². The third-order valence-electron chi connectivity index (χ3n) is 3.43. The van der Waals surface area contributed by atoms with Crippen molar-refractivity contribution >= 4 is 15.0 Å². The highest BCUT2D eigenvalue weighted by Gasteiger charge is 2.22. The Balaban J connectivity index is 2.76. The molecule has 0 aliphatic rings. The van der Waals surface area contributed by atoms with Gasteiger partial charge in [0, 0.05) is 11.8 Å². The first-order valence-corrected chi connectivity index (χ1v) is 8.52. The zero-order valence-electron chi connectivity index (χ0n) is 12.6. The maximum absolute atomic E-state index is 12.2. The van der Waals surface area contributed by atoms with Crippen LogP contribution < -0.4 is 0 Å². The molecule has 2 aromatic rings. The standard InChI is InChI=1S/C17H18O3S/c1-11-9-12(2)16(13(3)10-11)14-7-5-6-8-15(14)17(18)21(4,19)20/h5-10H,1-4H3. The average Bonchev–Trinajstić information content (AvgIpc) is 2.36. The van der Waals surface area contributed by atoms with Crippen molar-refractivity contribution in [2.45, 2.75) is 20.8 Å². The molecule has 4 heteroatoms. The molecule has 0 N–H and O–H groups in total. The fourth-order valence-corrected chi connectivity index (χ4v) is 3.26. The normalized spacial score (nSPS) is 11.4. The Labute approximate surface area is 125 Å². The monoisotopic (exact) mass is 302 g/mol. The zero-order chi connectivity index (χ0) is 15.8. The van der Waals surface area contributed by atoms with E-state index in [2.05, 4.69) is 0 Å². The smallest absolute Gasteiger partial charge is 0.276 e. The molecule has 0 aromatic heterocycles. The summed E-state index contributed by atoms with van der Waals surface area (Å²) in [5, 5.41) is -0.836. The summed E-state index contributed by atoms with van der Waals surface area (Å²) in [6.07, 6.45) is 0.945. The molecule has 0 aliphatic heterocycles. The number of hydrogen-bond donors (Lipinski definition) is 0. The van der Waals surface area contributed by atoms with Gasteiger partial charge in [0.15, 0.2) is 0 Å². The van der Waals surface area contributed by atoms with E-state index in [1.54, 1.807) is 18.2 Å². The summed E-state index contributed by atoms with van der Waals surface area (Å²) in [6, 6.07) is 10.9. The number of rotatable bonds is 2. The van der Waals surface area contributed by atoms with Gasteiger partial charge in [0.05, 0.1) is 0 Å². The van der Waals surface area contributed by atoms with Crippen molar-refractivity contribution in [2.75, 3.05) is 6.26 Å². The second-order valence-electron chi connectivity index (χ2n) is 5.38. The Morgan fingerprint density at radius 2 is 1.48 bits per heavy atom. The number of benzene rings is 2. The summed E-state index contributed by atoms with van der Waals surface area (Å²) < 4.78 is 23.2. The predicted molar refractivity (Wildman–Crippen MR) is 85.3 cm³/mol. The lowest BCUT2D eigenvalue weighted by Crippen LogP contribution is -2.14. The van der Waals surface area contributed by atoms with Crippen molar-refractivity contribution in [2.24, 2.45) is 0 Å². The van der Waals surface area contributed by atoms with Crippen LogP contribution in [0.2, 0.25) is 0 Å². The van der Waals surface area contributed by atoms with Gasteiger partial charge in [0.1, 0.15) is 0 Å². The average molecular weight is 302 g/mol. The van der Waals surface area contributed by atoms with E-state index in [4.69, 9.17) is 0 Å². The van der Waals surface area contributed by atoms with E-state index in [1.807, 2.05) is 39.0 Å². The third-order valence-corrected chi connectivity index (χ3v) is 4.32. The first-order valence-electron chi connectivity index (χ1n) is 6.63. The molecule has 0 radical (unpaired) electrons. The zero-order valence-corrected chi connectivity index (χ0v) is 13.4. The van der Waals surface area contributed by atoms with Crippen molar-refractivity contribution in [3.8, 4) is 11.1 Å². The van der Waals surface area contributed by atoms with Gasteiger partial charge in [-0.25, -0.2) is 8.42 Å². The van der Waals surface area contributed by atoms with Crippen LogP contribution in [0.1, 0.15) is 27.0 Å². The van der Waals surface area contributed by atoms with E-state index in [9.17, 15) is 13.2 Å². The van der Waals surface area contributed by atoms with Crippen LogP contribution in [0, 0.1) is 20.8 Å². The lowest BCUT2D eigenvalue weighted by molar-refractivity contribution is 0.107. The number of aryl methyl sites for hydroxylation is 3. The number of carbonyl (C=O) groups excluding carboxylic acids is 1. The maximum Gasteiger partial charge on any atom is 0.276 e. The largest absolute Gasteiger partial charge is 0.276 e. The molecular weight excluding hydrogens is 284 g/mol. The van der Waals surface area contributed by atoms with Crippen LogP contribution in [-0.2, 0) is 9.84 Å². The van der Waals surface area contributed by atoms with Crippen LogP contribution in [-0.4, -0.2) is 19.8 Å². The summed E-state index contributed by atoms with van der Waals surface area (Å²) in [5.41, 5.74) is 5.02. The molecule has 0 unspecified atom stereocenters. The van der Waals surface area contributed by atoms with Gasteiger partial charge in [0.25, 0.3) is 5.12 Å². The molecule has 0 saturated carbocycles. The highest BCUT2D eigenvalue weighted by atomic mass is 32.2. The minimum Gasteiger partial charge on any atom is -0.276 e. The molecule has 0 spiro atoms. The number of carbonyl (C=O) groups is 1. The first kappa shape index (κ1) is 15.4. The molecule has 21 heavy (non-hydrogen) atoms. The fourth-order valence-electron chi connectivity index (χ4n) is 2.68. The molecule has 0 atom stereocenters. The van der Waals surface area contributed by atoms with E-state index >= 15 is 0 Å². The lowest BCUT2D eigenvalue weighted by atomic mass is 9.91. The van der Waals surface area contributed by atoms with Crippen molar-refractivity contribution in [3.05, 3.63) is 58.7 Å². The summed E-state index contributed by atoms with van der Waals surface area (Å²) in [5.74, 6) is 0. The van der Waals surface area contributed by atoms with E-state index in [0.29, 0.717) is 5.56 Å². The molecule has 0 aliphatic carbocycles. The summed E-state index contributed by atoms with van der Waals surface area (Å²) in [4.78, 5) is 12.2. The number of hydrogen-bond acceptors (Lipinski definition) is 3. The van der Waals surface area contributed by atoms with Crippen molar-refractivity contribution in [1.29, 1.82) is 0 Å². The Bertz CT molecular complexity index is 795. The van der Waals surface area contributed by atoms with E-state index in [0.717, 1.165) is 28.5 Å². The summed E-state index contributed by atoms with van der Waals surface area (Å²) >= 11 is 0. The molecule has 0 bridgehead atoms. The Morgan fingerprint density at radius 1 is 0.952 bits per heavy atom. The van der Waals surface area contributed by atoms with Gasteiger partial charge >= 0.3 is 0 Å². The van der Waals surface area contributed by atoms with Gasteiger partial charge in [-0.15, -0.1) is 0 Å². The summed E-state index contributed by atoms with van der Waals surface area (Å²) in [7, 11) is -3.76. The van der Waals surface area contributed by atoms with Crippen LogP contribution >= 0.6 is 0 Å². The third kappa shape index (κ3) is 3.05. The van der Waals surface area contributed by atoms with Crippen LogP contribution in [0.15, 0.2) is 36.4 Å². The van der Waals surface area contributed by atoms with Crippen molar-refractivity contribution in [1.82, 2.24) is 0 Å². The molecule has 2 rings (SSSR count). The van der Waals surface area contributed by atoms with Gasteiger partial charge in [-0.1, -0.05) is 35.9 Å².